The molecule has 0 spiro atoms. The number of halogens is 4. The molecule has 7 nitrogen and oxygen atoms in total. The fraction of sp³-hybridized carbons (Fsp3) is 0.278. The van der Waals surface area contributed by atoms with E-state index in [-0.39, 0.29) is 29.6 Å². The topological polar surface area (TPSA) is 86.8 Å². The van der Waals surface area contributed by atoms with Crippen molar-refractivity contribution in [2.24, 2.45) is 0 Å². The number of nitrogens with zero attached hydrogens (tertiary/aromatic N) is 2. The highest BCUT2D eigenvalue weighted by molar-refractivity contribution is 9.10. The number of hydrogen-bond donors (Lipinski definition) is 1. The van der Waals surface area contributed by atoms with Crippen LogP contribution in [0.2, 0.25) is 0 Å². The molecule has 0 saturated carbocycles. The monoisotopic (exact) mass is 743 g/mol. The highest BCUT2D eigenvalue weighted by Crippen LogP contribution is 2.33. The van der Waals surface area contributed by atoms with Crippen LogP contribution in [0.15, 0.2) is 112 Å². The molecule has 2 amide bonds. The van der Waals surface area contributed by atoms with Gasteiger partial charge in [0.05, 0.1) is 16.1 Å². The van der Waals surface area contributed by atoms with Crippen LogP contribution < -0.4 is 9.62 Å². The van der Waals surface area contributed by atoms with Crippen molar-refractivity contribution in [1.29, 1.82) is 0 Å². The van der Waals surface area contributed by atoms with Crippen LogP contribution in [0.5, 0.6) is 0 Å². The van der Waals surface area contributed by atoms with E-state index in [4.69, 9.17) is 0 Å². The van der Waals surface area contributed by atoms with Crippen molar-refractivity contribution in [3.63, 3.8) is 0 Å². The third-order valence-electron chi connectivity index (χ3n) is 7.89. The summed E-state index contributed by atoms with van der Waals surface area (Å²) in [5.74, 6) is -1.21. The molecule has 0 fully saturated rings. The average Bonchev–Trinajstić information content (AvgIpc) is 3.06. The number of amides is 2. The van der Waals surface area contributed by atoms with Crippen molar-refractivity contribution in [3.05, 3.63) is 130 Å². The maximum atomic E-state index is 14.5. The van der Waals surface area contributed by atoms with Crippen LogP contribution in [0.4, 0.5) is 18.9 Å². The molecule has 4 aromatic rings. The SMILES string of the molecule is CC[C@H](C)NC(=O)[C@H](Cc1ccccc1)N(Cc1ccc(Br)cc1)C(=O)CN(c1cccc(C(F)(F)F)c1)S(=O)(=O)c1ccc(C)cc1. The maximum absolute atomic E-state index is 14.5. The van der Waals surface area contributed by atoms with Crippen LogP contribution in [0.25, 0.3) is 0 Å². The minimum absolute atomic E-state index is 0.0709. The highest BCUT2D eigenvalue weighted by Gasteiger charge is 2.36. The summed E-state index contributed by atoms with van der Waals surface area (Å²) in [5, 5.41) is 2.95. The summed E-state index contributed by atoms with van der Waals surface area (Å²) in [6, 6.07) is 24.5. The van der Waals surface area contributed by atoms with Crippen molar-refractivity contribution < 1.29 is 31.2 Å². The lowest BCUT2D eigenvalue weighted by molar-refractivity contribution is -0.140. The van der Waals surface area contributed by atoms with Gasteiger partial charge >= 0.3 is 6.18 Å². The summed E-state index contributed by atoms with van der Waals surface area (Å²) < 4.78 is 71.1. The largest absolute Gasteiger partial charge is 0.416 e. The van der Waals surface area contributed by atoms with Crippen molar-refractivity contribution in [2.45, 2.75) is 63.3 Å². The Balaban J connectivity index is 1.84. The van der Waals surface area contributed by atoms with Gasteiger partial charge in [0.25, 0.3) is 10.0 Å². The van der Waals surface area contributed by atoms with Gasteiger partial charge in [-0.3, -0.25) is 13.9 Å². The average molecular weight is 745 g/mol. The number of rotatable bonds is 13. The normalized spacial score (nSPS) is 13.0. The quantitative estimate of drug-likeness (QED) is 0.154. The second kappa shape index (κ2) is 15.8. The van der Waals surface area contributed by atoms with Crippen LogP contribution in [0.3, 0.4) is 0 Å². The van der Waals surface area contributed by atoms with E-state index in [9.17, 15) is 31.2 Å². The van der Waals surface area contributed by atoms with Gasteiger partial charge in [-0.05, 0) is 73.9 Å². The molecule has 4 rings (SSSR count). The molecule has 0 aliphatic carbocycles. The Bertz CT molecular complexity index is 1800. The molecule has 1 N–H and O–H groups in total. The van der Waals surface area contributed by atoms with Crippen molar-refractivity contribution in [2.75, 3.05) is 10.8 Å². The Labute approximate surface area is 287 Å². The van der Waals surface area contributed by atoms with Gasteiger partial charge in [0.15, 0.2) is 0 Å². The molecule has 0 radical (unpaired) electrons. The Morgan fingerprint density at radius 2 is 1.52 bits per heavy atom. The summed E-state index contributed by atoms with van der Waals surface area (Å²) in [4.78, 5) is 29.5. The second-order valence-corrected chi connectivity index (χ2v) is 14.3. The fourth-order valence-electron chi connectivity index (χ4n) is 4.99. The third-order valence-corrected chi connectivity index (χ3v) is 10.2. The first kappa shape index (κ1) is 36.7. The number of alkyl halides is 3. The third kappa shape index (κ3) is 9.47. The minimum atomic E-state index is -4.76. The molecule has 254 valence electrons. The number of anilines is 1. The van der Waals surface area contributed by atoms with Gasteiger partial charge < -0.3 is 10.2 Å². The van der Waals surface area contributed by atoms with E-state index in [1.807, 2.05) is 44.2 Å². The van der Waals surface area contributed by atoms with Crippen molar-refractivity contribution in [3.8, 4) is 0 Å². The molecule has 0 aromatic heterocycles. The van der Waals surface area contributed by atoms with E-state index < -0.39 is 46.2 Å². The standard InChI is InChI=1S/C36H37BrF3N3O4S/c1-4-26(3)41-35(45)33(21-27-9-6-5-7-10-27)42(23-28-15-17-30(37)18-16-28)34(44)24-43(31-12-8-11-29(22-31)36(38,39)40)48(46,47)32-19-13-25(2)14-20-32/h5-20,22,26,33H,4,21,23-24H2,1-3H3,(H,41,45)/t26-,33-/m0/s1. The Kier molecular flexibility index (Phi) is 12.1. The zero-order chi connectivity index (χ0) is 35.1. The molecule has 4 aromatic carbocycles. The Morgan fingerprint density at radius 3 is 2.12 bits per heavy atom. The fourth-order valence-corrected chi connectivity index (χ4v) is 6.66. The van der Waals surface area contributed by atoms with E-state index in [0.717, 1.165) is 27.7 Å². The molecule has 12 heteroatoms. The van der Waals surface area contributed by atoms with Gasteiger partial charge in [-0.15, -0.1) is 0 Å². The molecule has 48 heavy (non-hydrogen) atoms. The lowest BCUT2D eigenvalue weighted by Crippen LogP contribution is -2.54. The van der Waals surface area contributed by atoms with E-state index in [1.54, 1.807) is 43.3 Å². The zero-order valence-electron chi connectivity index (χ0n) is 26.7. The van der Waals surface area contributed by atoms with Crippen LogP contribution in [0.1, 0.15) is 42.5 Å². The molecule has 0 heterocycles. The van der Waals surface area contributed by atoms with Crippen molar-refractivity contribution >= 4 is 43.5 Å². The molecule has 2 atom stereocenters. The Morgan fingerprint density at radius 1 is 0.875 bits per heavy atom. The van der Waals surface area contributed by atoms with E-state index in [0.29, 0.717) is 22.4 Å². The number of nitrogens with one attached hydrogen (secondary N) is 1. The molecule has 0 unspecified atom stereocenters. The van der Waals surface area contributed by atoms with Gasteiger partial charge in [-0.25, -0.2) is 8.42 Å². The van der Waals surface area contributed by atoms with Gasteiger partial charge in [0, 0.05) is 23.5 Å². The number of carbonyl (C=O) groups is 2. The lowest BCUT2D eigenvalue weighted by atomic mass is 10.0. The predicted octanol–water partition coefficient (Wildman–Crippen LogP) is 7.53. The first-order valence-corrected chi connectivity index (χ1v) is 17.6. The van der Waals surface area contributed by atoms with Crippen LogP contribution in [-0.2, 0) is 38.8 Å². The molecule has 0 saturated heterocycles. The summed E-state index contributed by atoms with van der Waals surface area (Å²) in [6.07, 6.45) is -4.02. The van der Waals surface area contributed by atoms with Crippen LogP contribution in [0, 0.1) is 6.92 Å². The highest BCUT2D eigenvalue weighted by atomic mass is 79.9. The molecular weight excluding hydrogens is 707 g/mol. The van der Waals surface area contributed by atoms with Crippen LogP contribution >= 0.6 is 15.9 Å². The first-order chi connectivity index (χ1) is 22.7. The summed E-state index contributed by atoms with van der Waals surface area (Å²) in [6.45, 7) is 4.57. The van der Waals surface area contributed by atoms with Gasteiger partial charge in [-0.1, -0.05) is 89.1 Å². The molecule has 0 bridgehead atoms. The van der Waals surface area contributed by atoms with E-state index in [1.165, 1.54) is 23.1 Å². The summed E-state index contributed by atoms with van der Waals surface area (Å²) in [7, 11) is -4.56. The number of carbonyl (C=O) groups excluding carboxylic acids is 2. The zero-order valence-corrected chi connectivity index (χ0v) is 29.1. The number of aryl methyl sites for hydroxylation is 1. The molecule has 0 aliphatic rings. The Hall–Kier alpha value is -4.16. The molecule has 0 aliphatic heterocycles. The summed E-state index contributed by atoms with van der Waals surface area (Å²) in [5.41, 5.74) is 0.780. The second-order valence-electron chi connectivity index (χ2n) is 11.5. The van der Waals surface area contributed by atoms with Crippen molar-refractivity contribution in [1.82, 2.24) is 10.2 Å². The van der Waals surface area contributed by atoms with Gasteiger partial charge in [-0.2, -0.15) is 13.2 Å². The predicted molar refractivity (Wildman–Crippen MR) is 184 cm³/mol. The first-order valence-electron chi connectivity index (χ1n) is 15.3. The lowest BCUT2D eigenvalue weighted by Gasteiger charge is -2.34. The maximum Gasteiger partial charge on any atom is 0.416 e. The number of sulfonamides is 1. The number of benzene rings is 4. The summed E-state index contributed by atoms with van der Waals surface area (Å²) >= 11 is 3.40. The minimum Gasteiger partial charge on any atom is -0.352 e. The van der Waals surface area contributed by atoms with Crippen LogP contribution in [-0.4, -0.2) is 43.8 Å². The van der Waals surface area contributed by atoms with Gasteiger partial charge in [0.2, 0.25) is 11.8 Å². The smallest absolute Gasteiger partial charge is 0.352 e. The van der Waals surface area contributed by atoms with E-state index >= 15 is 0 Å². The number of hydrogen-bond acceptors (Lipinski definition) is 4. The van der Waals surface area contributed by atoms with E-state index in [2.05, 4.69) is 21.2 Å². The molecular formula is C36H37BrF3N3O4S. The van der Waals surface area contributed by atoms with Gasteiger partial charge in [0.1, 0.15) is 12.6 Å².